The van der Waals surface area contributed by atoms with Gasteiger partial charge < -0.3 is 10.4 Å². The van der Waals surface area contributed by atoms with Crippen LogP contribution in [0.1, 0.15) is 24.8 Å². The van der Waals surface area contributed by atoms with Crippen LogP contribution >= 0.6 is 11.6 Å². The molecule has 88 valence electrons. The molecule has 2 rings (SSSR count). The zero-order chi connectivity index (χ0) is 11.4. The molecule has 1 aliphatic heterocycles. The van der Waals surface area contributed by atoms with Crippen LogP contribution in [0.4, 0.5) is 0 Å². The second-order valence-electron chi connectivity index (χ2n) is 4.60. The Morgan fingerprint density at radius 3 is 2.88 bits per heavy atom. The highest BCUT2D eigenvalue weighted by Gasteiger charge is 2.28. The van der Waals surface area contributed by atoms with Crippen molar-refractivity contribution >= 4 is 11.6 Å². The lowest BCUT2D eigenvalue weighted by Crippen LogP contribution is -2.45. The Balaban J connectivity index is 1.94. The molecule has 1 saturated heterocycles. The first-order valence-corrected chi connectivity index (χ1v) is 6.24. The Labute approximate surface area is 102 Å². The third-order valence-corrected chi connectivity index (χ3v) is 3.64. The fourth-order valence-corrected chi connectivity index (χ4v) is 2.46. The molecule has 0 bridgehead atoms. The number of hydrogen-bond donors (Lipinski definition) is 2. The maximum atomic E-state index is 10.3. The fraction of sp³-hybridized carbons (Fsp3) is 0.538. The number of β-amino-alcohol motifs (C(OH)–C–C–N with tert-alkyl or cyclic N) is 1. The molecular formula is C13H18ClNO. The number of nitrogens with one attached hydrogen (secondary N) is 1. The van der Waals surface area contributed by atoms with E-state index in [0.29, 0.717) is 6.54 Å². The van der Waals surface area contributed by atoms with Gasteiger partial charge in [-0.2, -0.15) is 0 Å². The van der Waals surface area contributed by atoms with E-state index in [2.05, 4.69) is 5.32 Å². The van der Waals surface area contributed by atoms with Crippen molar-refractivity contribution in [2.24, 2.45) is 0 Å². The van der Waals surface area contributed by atoms with Crippen molar-refractivity contribution in [3.05, 3.63) is 34.9 Å². The number of aryl methyl sites for hydroxylation is 1. The molecule has 16 heavy (non-hydrogen) atoms. The fourth-order valence-electron chi connectivity index (χ4n) is 2.23. The van der Waals surface area contributed by atoms with Crippen LogP contribution in [0.2, 0.25) is 5.02 Å². The Morgan fingerprint density at radius 2 is 2.19 bits per heavy atom. The Morgan fingerprint density at radius 1 is 1.38 bits per heavy atom. The van der Waals surface area contributed by atoms with Gasteiger partial charge in [-0.15, -0.1) is 0 Å². The minimum absolute atomic E-state index is 0.544. The molecule has 2 nitrogen and oxygen atoms in total. The Hall–Kier alpha value is -0.570. The first-order valence-electron chi connectivity index (χ1n) is 5.86. The van der Waals surface area contributed by atoms with Gasteiger partial charge in [-0.3, -0.25) is 0 Å². The minimum Gasteiger partial charge on any atom is -0.389 e. The quantitative estimate of drug-likeness (QED) is 0.849. The summed E-state index contributed by atoms with van der Waals surface area (Å²) in [5, 5.41) is 14.4. The van der Waals surface area contributed by atoms with E-state index in [1.54, 1.807) is 0 Å². The van der Waals surface area contributed by atoms with Crippen molar-refractivity contribution in [1.82, 2.24) is 5.32 Å². The van der Waals surface area contributed by atoms with Crippen LogP contribution in [0.5, 0.6) is 0 Å². The van der Waals surface area contributed by atoms with Crippen molar-refractivity contribution in [2.45, 2.75) is 31.3 Å². The lowest BCUT2D eigenvalue weighted by atomic mass is 9.88. The van der Waals surface area contributed by atoms with Crippen LogP contribution in [-0.2, 0) is 6.42 Å². The van der Waals surface area contributed by atoms with E-state index in [4.69, 9.17) is 11.6 Å². The first kappa shape index (κ1) is 11.9. The summed E-state index contributed by atoms with van der Waals surface area (Å²) in [4.78, 5) is 0. The standard InChI is InChI=1S/C13H18ClNO/c14-12-5-2-1-4-11(12)6-8-13(16)7-3-9-15-10-13/h1-2,4-5,15-16H,3,6-10H2. The van der Waals surface area contributed by atoms with E-state index in [1.165, 1.54) is 0 Å². The molecule has 0 radical (unpaired) electrons. The van der Waals surface area contributed by atoms with E-state index >= 15 is 0 Å². The largest absolute Gasteiger partial charge is 0.389 e. The van der Waals surface area contributed by atoms with Gasteiger partial charge in [0.1, 0.15) is 0 Å². The monoisotopic (exact) mass is 239 g/mol. The summed E-state index contributed by atoms with van der Waals surface area (Å²) in [6, 6.07) is 7.86. The maximum absolute atomic E-state index is 10.3. The van der Waals surface area contributed by atoms with Crippen LogP contribution in [-0.4, -0.2) is 23.8 Å². The van der Waals surface area contributed by atoms with Crippen LogP contribution in [0.3, 0.4) is 0 Å². The average molecular weight is 240 g/mol. The topological polar surface area (TPSA) is 32.3 Å². The smallest absolute Gasteiger partial charge is 0.0775 e. The lowest BCUT2D eigenvalue weighted by Gasteiger charge is -2.32. The van der Waals surface area contributed by atoms with E-state index < -0.39 is 5.60 Å². The Kier molecular flexibility index (Phi) is 3.85. The minimum atomic E-state index is -0.544. The molecule has 1 atom stereocenters. The van der Waals surface area contributed by atoms with Crippen molar-refractivity contribution in [3.8, 4) is 0 Å². The number of benzene rings is 1. The third kappa shape index (κ3) is 2.97. The second kappa shape index (κ2) is 5.17. The van der Waals surface area contributed by atoms with E-state index in [1.807, 2.05) is 24.3 Å². The maximum Gasteiger partial charge on any atom is 0.0775 e. The molecule has 1 fully saturated rings. The summed E-state index contributed by atoms with van der Waals surface area (Å²) < 4.78 is 0. The molecule has 3 heteroatoms. The molecule has 1 aromatic carbocycles. The van der Waals surface area contributed by atoms with E-state index in [-0.39, 0.29) is 0 Å². The van der Waals surface area contributed by atoms with Crippen LogP contribution in [0, 0.1) is 0 Å². The van der Waals surface area contributed by atoms with E-state index in [9.17, 15) is 5.11 Å². The summed E-state index contributed by atoms with van der Waals surface area (Å²) in [6.45, 7) is 1.73. The van der Waals surface area contributed by atoms with Gasteiger partial charge in [0.2, 0.25) is 0 Å². The molecule has 0 spiro atoms. The van der Waals surface area contributed by atoms with Crippen molar-refractivity contribution < 1.29 is 5.11 Å². The highest BCUT2D eigenvalue weighted by Crippen LogP contribution is 2.24. The SMILES string of the molecule is OC1(CCc2ccccc2Cl)CCCNC1. The molecule has 0 amide bonds. The number of halogens is 1. The normalized spacial score (nSPS) is 25.6. The van der Waals surface area contributed by atoms with Gasteiger partial charge in [0.25, 0.3) is 0 Å². The van der Waals surface area contributed by atoms with Gasteiger partial charge in [-0.25, -0.2) is 0 Å². The molecule has 0 aromatic heterocycles. The zero-order valence-corrected chi connectivity index (χ0v) is 10.1. The van der Waals surface area contributed by atoms with Crippen molar-refractivity contribution in [2.75, 3.05) is 13.1 Å². The summed E-state index contributed by atoms with van der Waals surface area (Å²) in [7, 11) is 0. The predicted molar refractivity (Wildman–Crippen MR) is 66.8 cm³/mol. The summed E-state index contributed by atoms with van der Waals surface area (Å²) >= 11 is 6.09. The highest BCUT2D eigenvalue weighted by molar-refractivity contribution is 6.31. The predicted octanol–water partition coefficient (Wildman–Crippen LogP) is 2.39. The van der Waals surface area contributed by atoms with Gasteiger partial charge in [0, 0.05) is 11.6 Å². The molecule has 2 N–H and O–H groups in total. The molecule has 1 unspecified atom stereocenters. The molecule has 0 aliphatic carbocycles. The molecule has 0 saturated carbocycles. The number of hydrogen-bond acceptors (Lipinski definition) is 2. The number of rotatable bonds is 3. The van der Waals surface area contributed by atoms with Gasteiger partial charge in [-0.05, 0) is 43.9 Å². The number of aliphatic hydroxyl groups is 1. The third-order valence-electron chi connectivity index (χ3n) is 3.27. The molecule has 1 heterocycles. The van der Waals surface area contributed by atoms with Gasteiger partial charge in [-0.1, -0.05) is 29.8 Å². The number of piperidine rings is 1. The zero-order valence-electron chi connectivity index (χ0n) is 9.38. The molecular weight excluding hydrogens is 222 g/mol. The molecule has 1 aliphatic rings. The van der Waals surface area contributed by atoms with Crippen LogP contribution in [0.15, 0.2) is 24.3 Å². The van der Waals surface area contributed by atoms with E-state index in [0.717, 1.165) is 42.8 Å². The first-order chi connectivity index (χ1) is 7.70. The Bertz CT molecular complexity index is 348. The summed E-state index contributed by atoms with van der Waals surface area (Å²) in [6.07, 6.45) is 3.57. The van der Waals surface area contributed by atoms with Gasteiger partial charge >= 0.3 is 0 Å². The average Bonchev–Trinajstić information content (AvgIpc) is 2.29. The van der Waals surface area contributed by atoms with Gasteiger partial charge in [0.15, 0.2) is 0 Å². The van der Waals surface area contributed by atoms with Crippen LogP contribution in [0.25, 0.3) is 0 Å². The lowest BCUT2D eigenvalue weighted by molar-refractivity contribution is 0.00889. The second-order valence-corrected chi connectivity index (χ2v) is 5.00. The van der Waals surface area contributed by atoms with Crippen molar-refractivity contribution in [1.29, 1.82) is 0 Å². The van der Waals surface area contributed by atoms with Gasteiger partial charge in [0.05, 0.1) is 5.60 Å². The summed E-state index contributed by atoms with van der Waals surface area (Å²) in [5.74, 6) is 0. The van der Waals surface area contributed by atoms with Crippen LogP contribution < -0.4 is 5.32 Å². The van der Waals surface area contributed by atoms with Crippen molar-refractivity contribution in [3.63, 3.8) is 0 Å². The summed E-state index contributed by atoms with van der Waals surface area (Å²) in [5.41, 5.74) is 0.584. The highest BCUT2D eigenvalue weighted by atomic mass is 35.5. The molecule has 1 aromatic rings.